The number of fused-ring (bicyclic) bond motifs is 1. The highest BCUT2D eigenvalue weighted by atomic mass is 16.3. The predicted octanol–water partition coefficient (Wildman–Crippen LogP) is 3.74. The molecule has 2 saturated carbocycles. The lowest BCUT2D eigenvalue weighted by atomic mass is 9.75. The first-order chi connectivity index (χ1) is 12.2. The van der Waals surface area contributed by atoms with Gasteiger partial charge in [-0.1, -0.05) is 31.0 Å². The van der Waals surface area contributed by atoms with Crippen LogP contribution >= 0.6 is 0 Å². The lowest BCUT2D eigenvalue weighted by molar-refractivity contribution is -0.124. The van der Waals surface area contributed by atoms with Crippen molar-refractivity contribution in [1.82, 2.24) is 10.3 Å². The van der Waals surface area contributed by atoms with Gasteiger partial charge in [-0.3, -0.25) is 9.78 Å². The van der Waals surface area contributed by atoms with Crippen LogP contribution in [-0.4, -0.2) is 22.1 Å². The van der Waals surface area contributed by atoms with Gasteiger partial charge in [0.05, 0.1) is 17.7 Å². The van der Waals surface area contributed by atoms with Gasteiger partial charge in [0.1, 0.15) is 0 Å². The maximum Gasteiger partial charge on any atom is 0.220 e. The summed E-state index contributed by atoms with van der Waals surface area (Å²) in [5, 5.41) is 14.1. The minimum atomic E-state index is -0.229. The number of hydrogen-bond donors (Lipinski definition) is 2. The first-order valence-corrected chi connectivity index (χ1v) is 9.51. The Morgan fingerprint density at radius 2 is 2.00 bits per heavy atom. The van der Waals surface area contributed by atoms with Gasteiger partial charge in [-0.25, -0.2) is 0 Å². The Balaban J connectivity index is 1.53. The molecule has 1 heterocycles. The minimum absolute atomic E-state index is 0.0468. The summed E-state index contributed by atoms with van der Waals surface area (Å²) in [4.78, 5) is 17.1. The molecule has 1 atom stereocenters. The quantitative estimate of drug-likeness (QED) is 0.873. The molecule has 25 heavy (non-hydrogen) atoms. The van der Waals surface area contributed by atoms with E-state index >= 15 is 0 Å². The number of aliphatic hydroxyl groups excluding tert-OH is 1. The number of aromatic nitrogens is 1. The third-order valence-electron chi connectivity index (χ3n) is 5.86. The molecule has 2 aliphatic carbocycles. The Kier molecular flexibility index (Phi) is 4.71. The van der Waals surface area contributed by atoms with Gasteiger partial charge < -0.3 is 10.4 Å². The molecule has 2 aliphatic rings. The van der Waals surface area contributed by atoms with Gasteiger partial charge >= 0.3 is 0 Å². The molecule has 2 N–H and O–H groups in total. The maximum atomic E-state index is 12.6. The molecule has 1 aromatic heterocycles. The van der Waals surface area contributed by atoms with E-state index in [1.807, 2.05) is 24.4 Å². The van der Waals surface area contributed by atoms with Gasteiger partial charge in [-0.15, -0.1) is 0 Å². The summed E-state index contributed by atoms with van der Waals surface area (Å²) >= 11 is 0. The standard InChI is InChI=1S/C21H26N2O2/c24-18-11-16(12-18)21(23-20(25)9-14-5-1-2-6-14)17-10-15-7-3-4-8-19(15)22-13-17/h3-4,7-8,10,13-14,16,18,21,24H,1-2,5-6,9,11-12H2,(H,23,25)/t16?,18?,21-/m1/s1. The number of nitrogens with one attached hydrogen (secondary N) is 1. The maximum absolute atomic E-state index is 12.6. The highest BCUT2D eigenvalue weighted by Gasteiger charge is 2.36. The average molecular weight is 338 g/mol. The van der Waals surface area contributed by atoms with E-state index in [-0.39, 0.29) is 18.1 Å². The topological polar surface area (TPSA) is 62.2 Å². The second-order valence-electron chi connectivity index (χ2n) is 7.75. The Labute approximate surface area is 148 Å². The third kappa shape index (κ3) is 3.69. The van der Waals surface area contributed by atoms with Crippen molar-refractivity contribution in [1.29, 1.82) is 0 Å². The van der Waals surface area contributed by atoms with Crippen LogP contribution in [0.1, 0.15) is 56.6 Å². The summed E-state index contributed by atoms with van der Waals surface area (Å²) < 4.78 is 0. The second-order valence-corrected chi connectivity index (χ2v) is 7.75. The average Bonchev–Trinajstić information content (AvgIpc) is 3.09. The summed E-state index contributed by atoms with van der Waals surface area (Å²) in [5.74, 6) is 0.985. The van der Waals surface area contributed by atoms with Crippen LogP contribution in [0.2, 0.25) is 0 Å². The first-order valence-electron chi connectivity index (χ1n) is 9.51. The molecule has 0 spiro atoms. The molecule has 4 heteroatoms. The van der Waals surface area contributed by atoms with E-state index in [9.17, 15) is 9.90 Å². The number of carbonyl (C=O) groups excluding carboxylic acids is 1. The third-order valence-corrected chi connectivity index (χ3v) is 5.86. The Morgan fingerprint density at radius 3 is 2.76 bits per heavy atom. The van der Waals surface area contributed by atoms with E-state index in [4.69, 9.17) is 0 Å². The molecule has 0 unspecified atom stereocenters. The van der Waals surface area contributed by atoms with Crippen molar-refractivity contribution in [2.24, 2.45) is 11.8 Å². The fraction of sp³-hybridized carbons (Fsp3) is 0.524. The minimum Gasteiger partial charge on any atom is -0.393 e. The fourth-order valence-corrected chi connectivity index (χ4v) is 4.34. The summed E-state index contributed by atoms with van der Waals surface area (Å²) in [6.07, 6.45) is 8.65. The number of amides is 1. The zero-order valence-corrected chi connectivity index (χ0v) is 14.5. The number of para-hydroxylation sites is 1. The van der Waals surface area contributed by atoms with Gasteiger partial charge in [-0.2, -0.15) is 0 Å². The van der Waals surface area contributed by atoms with Gasteiger partial charge in [0.25, 0.3) is 0 Å². The highest BCUT2D eigenvalue weighted by molar-refractivity contribution is 5.80. The summed E-state index contributed by atoms with van der Waals surface area (Å²) in [6.45, 7) is 0. The van der Waals surface area contributed by atoms with Crippen molar-refractivity contribution in [3.05, 3.63) is 42.1 Å². The number of aliphatic hydroxyl groups is 1. The van der Waals surface area contributed by atoms with Crippen LogP contribution in [0.15, 0.2) is 36.5 Å². The lowest BCUT2D eigenvalue weighted by Gasteiger charge is -2.38. The molecule has 4 rings (SSSR count). The Bertz CT molecular complexity index is 748. The van der Waals surface area contributed by atoms with Crippen molar-refractivity contribution in [3.63, 3.8) is 0 Å². The number of hydrogen-bond acceptors (Lipinski definition) is 3. The van der Waals surface area contributed by atoms with Gasteiger partial charge in [-0.05, 0) is 55.2 Å². The van der Waals surface area contributed by atoms with Crippen LogP contribution in [-0.2, 0) is 4.79 Å². The normalized spacial score (nSPS) is 24.8. The molecule has 1 amide bonds. The monoisotopic (exact) mass is 338 g/mol. The number of rotatable bonds is 5. The molecule has 1 aromatic carbocycles. The van der Waals surface area contributed by atoms with E-state index in [1.54, 1.807) is 0 Å². The van der Waals surface area contributed by atoms with Crippen molar-refractivity contribution in [3.8, 4) is 0 Å². The molecule has 0 aliphatic heterocycles. The van der Waals surface area contributed by atoms with E-state index in [0.717, 1.165) is 29.3 Å². The van der Waals surface area contributed by atoms with Crippen LogP contribution in [0.3, 0.4) is 0 Å². The molecule has 132 valence electrons. The van der Waals surface area contributed by atoms with Gasteiger partial charge in [0.15, 0.2) is 0 Å². The fourth-order valence-electron chi connectivity index (χ4n) is 4.34. The molecular weight excluding hydrogens is 312 g/mol. The number of pyridine rings is 1. The predicted molar refractivity (Wildman–Crippen MR) is 97.9 cm³/mol. The van der Waals surface area contributed by atoms with Crippen molar-refractivity contribution in [2.45, 2.75) is 57.1 Å². The largest absolute Gasteiger partial charge is 0.393 e. The van der Waals surface area contributed by atoms with Crippen LogP contribution in [0.25, 0.3) is 10.9 Å². The molecule has 2 aromatic rings. The zero-order valence-electron chi connectivity index (χ0n) is 14.5. The van der Waals surface area contributed by atoms with E-state index in [2.05, 4.69) is 22.4 Å². The molecule has 4 nitrogen and oxygen atoms in total. The van der Waals surface area contributed by atoms with Crippen molar-refractivity contribution < 1.29 is 9.90 Å². The zero-order chi connectivity index (χ0) is 17.2. The smallest absolute Gasteiger partial charge is 0.220 e. The molecular formula is C21H26N2O2. The molecule has 0 bridgehead atoms. The van der Waals surface area contributed by atoms with E-state index in [0.29, 0.717) is 18.3 Å². The summed E-state index contributed by atoms with van der Waals surface area (Å²) in [5.41, 5.74) is 2.02. The van der Waals surface area contributed by atoms with Crippen LogP contribution in [0, 0.1) is 11.8 Å². The Morgan fingerprint density at radius 1 is 1.24 bits per heavy atom. The first kappa shape index (κ1) is 16.5. The van der Waals surface area contributed by atoms with Crippen LogP contribution in [0.4, 0.5) is 0 Å². The molecule has 0 saturated heterocycles. The second kappa shape index (κ2) is 7.12. The highest BCUT2D eigenvalue weighted by Crippen LogP contribution is 2.39. The number of carbonyl (C=O) groups is 1. The summed E-state index contributed by atoms with van der Waals surface area (Å²) in [6, 6.07) is 10.1. The van der Waals surface area contributed by atoms with Crippen molar-refractivity contribution in [2.75, 3.05) is 0 Å². The van der Waals surface area contributed by atoms with E-state index < -0.39 is 0 Å². The van der Waals surface area contributed by atoms with Crippen LogP contribution < -0.4 is 5.32 Å². The Hall–Kier alpha value is -1.94. The van der Waals surface area contributed by atoms with E-state index in [1.165, 1.54) is 25.7 Å². The lowest BCUT2D eigenvalue weighted by Crippen LogP contribution is -2.41. The number of benzene rings is 1. The summed E-state index contributed by atoms with van der Waals surface area (Å²) in [7, 11) is 0. The molecule has 0 radical (unpaired) electrons. The van der Waals surface area contributed by atoms with Crippen molar-refractivity contribution >= 4 is 16.8 Å². The number of nitrogens with zero attached hydrogens (tertiary/aromatic N) is 1. The molecule has 2 fully saturated rings. The SMILES string of the molecule is O=C(CC1CCCC1)N[C@@H](c1cnc2ccccc2c1)C1CC(O)C1. The van der Waals surface area contributed by atoms with Crippen LogP contribution in [0.5, 0.6) is 0 Å². The van der Waals surface area contributed by atoms with Gasteiger partial charge in [0.2, 0.25) is 5.91 Å². The van der Waals surface area contributed by atoms with Gasteiger partial charge in [0, 0.05) is 18.0 Å².